The third-order valence-electron chi connectivity index (χ3n) is 4.01. The van der Waals surface area contributed by atoms with Gasteiger partial charge in [-0.15, -0.1) is 5.10 Å². The first kappa shape index (κ1) is 20.7. The summed E-state index contributed by atoms with van der Waals surface area (Å²) in [5, 5.41) is 29.2. The minimum Gasteiger partial charge on any atom is -0.382 e. The Hall–Kier alpha value is -4.03. The molecule has 0 aliphatic heterocycles. The van der Waals surface area contributed by atoms with Crippen molar-refractivity contribution in [1.82, 2.24) is 15.4 Å². The molecule has 2 aromatic carbocycles. The Labute approximate surface area is 173 Å². The van der Waals surface area contributed by atoms with E-state index in [1.165, 1.54) is 30.3 Å². The predicted molar refractivity (Wildman–Crippen MR) is 111 cm³/mol. The number of hydrazone groups is 2. The smallest absolute Gasteiger partial charge is 0.276 e. The molecule has 0 saturated carbocycles. The van der Waals surface area contributed by atoms with E-state index in [1.807, 2.05) is 0 Å². The van der Waals surface area contributed by atoms with Crippen molar-refractivity contribution in [3.05, 3.63) is 79.2 Å². The van der Waals surface area contributed by atoms with Crippen LogP contribution in [0.4, 0.5) is 5.69 Å². The molecule has 0 radical (unpaired) electrons. The van der Waals surface area contributed by atoms with E-state index >= 15 is 0 Å². The highest BCUT2D eigenvalue weighted by Crippen LogP contribution is 2.22. The number of aliphatic hydroxyl groups is 1. The van der Waals surface area contributed by atoms with Crippen LogP contribution in [0.3, 0.4) is 0 Å². The van der Waals surface area contributed by atoms with E-state index < -0.39 is 16.6 Å². The van der Waals surface area contributed by atoms with Gasteiger partial charge in [0.2, 0.25) is 5.96 Å². The molecule has 0 saturated heterocycles. The van der Waals surface area contributed by atoms with Crippen molar-refractivity contribution < 1.29 is 10.0 Å². The molecule has 1 heterocycles. The molecule has 1 unspecified atom stereocenters. The topological polar surface area (TPSA) is 198 Å². The van der Waals surface area contributed by atoms with Crippen molar-refractivity contribution in [1.29, 1.82) is 0 Å². The van der Waals surface area contributed by atoms with Gasteiger partial charge in [0.05, 0.1) is 16.0 Å². The number of aromatic amines is 1. The number of fused-ring (bicyclic) bond motifs is 1. The molecule has 1 atom stereocenters. The molecule has 0 aliphatic carbocycles. The number of nitro benzene ring substituents is 1. The van der Waals surface area contributed by atoms with Crippen LogP contribution in [0, 0.1) is 10.1 Å². The average Bonchev–Trinajstić information content (AvgIpc) is 2.73. The van der Waals surface area contributed by atoms with Crippen LogP contribution < -0.4 is 22.6 Å². The van der Waals surface area contributed by atoms with Gasteiger partial charge in [-0.25, -0.2) is 10.4 Å². The van der Waals surface area contributed by atoms with Crippen LogP contribution in [-0.4, -0.2) is 31.7 Å². The fourth-order valence-corrected chi connectivity index (χ4v) is 2.73. The molecule has 30 heavy (non-hydrogen) atoms. The van der Waals surface area contributed by atoms with Gasteiger partial charge in [-0.1, -0.05) is 11.6 Å². The molecule has 0 amide bonds. The van der Waals surface area contributed by atoms with Gasteiger partial charge in [0.1, 0.15) is 11.8 Å². The summed E-state index contributed by atoms with van der Waals surface area (Å²) in [6, 6.07) is 9.76. The summed E-state index contributed by atoms with van der Waals surface area (Å²) in [6.07, 6.45) is -1.48. The van der Waals surface area contributed by atoms with Crippen LogP contribution in [0.25, 0.3) is 11.0 Å². The van der Waals surface area contributed by atoms with Gasteiger partial charge in [-0.05, 0) is 35.9 Å². The van der Waals surface area contributed by atoms with E-state index in [1.54, 1.807) is 12.1 Å². The summed E-state index contributed by atoms with van der Waals surface area (Å²) in [7, 11) is 0. The normalized spacial score (nSPS) is 13.3. The highest BCUT2D eigenvalue weighted by Gasteiger charge is 2.23. The zero-order chi connectivity index (χ0) is 21.8. The molecule has 1 aromatic heterocycles. The summed E-state index contributed by atoms with van der Waals surface area (Å²) in [5.41, 5.74) is 7.51. The fraction of sp³-hybridized carbons (Fsp3) is 0.0588. The molecule has 0 fully saturated rings. The number of hydrogen-bond acceptors (Lipinski definition) is 8. The van der Waals surface area contributed by atoms with E-state index in [2.05, 4.69) is 25.6 Å². The summed E-state index contributed by atoms with van der Waals surface area (Å²) in [5.74, 6) is 4.77. The molecule has 3 aromatic rings. The zero-order valence-corrected chi connectivity index (χ0v) is 15.9. The summed E-state index contributed by atoms with van der Waals surface area (Å²) < 4.78 is 0. The lowest BCUT2D eigenvalue weighted by atomic mass is 10.0. The lowest BCUT2D eigenvalue weighted by Crippen LogP contribution is -2.33. The second-order valence-corrected chi connectivity index (χ2v) is 6.39. The van der Waals surface area contributed by atoms with Crippen molar-refractivity contribution in [2.75, 3.05) is 0 Å². The Morgan fingerprint density at radius 1 is 1.30 bits per heavy atom. The third-order valence-corrected chi connectivity index (χ3v) is 4.24. The summed E-state index contributed by atoms with van der Waals surface area (Å²) >= 11 is 5.93. The number of guanidine groups is 1. The molecule has 12 nitrogen and oxygen atoms in total. The largest absolute Gasteiger partial charge is 0.382 e. The first-order valence-corrected chi connectivity index (χ1v) is 8.67. The lowest BCUT2D eigenvalue weighted by Gasteiger charge is -2.14. The number of nitrogens with two attached hydrogens (primary N) is 2. The molecule has 0 aliphatic rings. The fourth-order valence-electron chi connectivity index (χ4n) is 2.56. The minimum absolute atomic E-state index is 0.166. The number of nitrogens with zero attached hydrogens (tertiary/aromatic N) is 4. The van der Waals surface area contributed by atoms with Gasteiger partial charge in [0.25, 0.3) is 11.2 Å². The number of nitrogens with one attached hydrogen (secondary N) is 2. The Kier molecular flexibility index (Phi) is 5.90. The van der Waals surface area contributed by atoms with Crippen LogP contribution in [0.15, 0.2) is 57.5 Å². The maximum Gasteiger partial charge on any atom is 0.276 e. The van der Waals surface area contributed by atoms with Crippen molar-refractivity contribution >= 4 is 40.0 Å². The first-order chi connectivity index (χ1) is 14.3. The van der Waals surface area contributed by atoms with Crippen LogP contribution in [0.1, 0.15) is 17.4 Å². The molecule has 3 rings (SSSR count). The van der Waals surface area contributed by atoms with Crippen LogP contribution >= 0.6 is 11.6 Å². The molecule has 0 spiro atoms. The number of rotatable bonds is 5. The number of hydrogen-bond donors (Lipinski definition) is 5. The zero-order valence-electron chi connectivity index (χ0n) is 15.1. The molecular weight excluding hydrogens is 416 g/mol. The highest BCUT2D eigenvalue weighted by molar-refractivity contribution is 6.31. The molecule has 13 heteroatoms. The van der Waals surface area contributed by atoms with Crippen molar-refractivity contribution in [2.24, 2.45) is 21.8 Å². The SMILES string of the molecule is NN=C(N)NN=C(c1nc2ccc(Cl)cc2[nH]c1=O)C(O)c1ccc([N+](=O)[O-])cc1. The lowest BCUT2D eigenvalue weighted by molar-refractivity contribution is -0.384. The number of halogens is 1. The Morgan fingerprint density at radius 3 is 2.63 bits per heavy atom. The number of H-pyrrole nitrogens is 1. The third kappa shape index (κ3) is 4.34. The number of aliphatic hydroxyl groups excluding tert-OH is 1. The Morgan fingerprint density at radius 2 is 2.00 bits per heavy atom. The maximum absolute atomic E-state index is 12.6. The second-order valence-electron chi connectivity index (χ2n) is 5.95. The molecule has 0 bridgehead atoms. The second kappa shape index (κ2) is 8.55. The maximum atomic E-state index is 12.6. The van der Waals surface area contributed by atoms with Gasteiger partial charge in [0.15, 0.2) is 5.69 Å². The average molecular weight is 431 g/mol. The first-order valence-electron chi connectivity index (χ1n) is 8.29. The van der Waals surface area contributed by atoms with Gasteiger partial charge >= 0.3 is 0 Å². The monoisotopic (exact) mass is 430 g/mol. The Bertz CT molecular complexity index is 1220. The Balaban J connectivity index is 2.12. The number of nitro groups is 1. The van der Waals surface area contributed by atoms with E-state index in [-0.39, 0.29) is 28.6 Å². The standard InChI is InChI=1S/C17H15ClN8O4/c18-9-3-6-11-12(7-9)22-16(28)14(21-11)13(24-25-17(19)23-20)15(27)8-1-4-10(5-2-8)26(29)30/h1-7,15,27H,20H2,(H,22,28)(H3,19,23,25). The molecule has 154 valence electrons. The van der Waals surface area contributed by atoms with E-state index in [9.17, 15) is 20.0 Å². The van der Waals surface area contributed by atoms with Gasteiger partial charge in [0, 0.05) is 17.2 Å². The number of aromatic nitrogens is 2. The van der Waals surface area contributed by atoms with Gasteiger partial charge < -0.3 is 21.7 Å². The minimum atomic E-state index is -1.48. The predicted octanol–water partition coefficient (Wildman–Crippen LogP) is 0.700. The van der Waals surface area contributed by atoms with E-state index in [0.717, 1.165) is 0 Å². The van der Waals surface area contributed by atoms with E-state index in [0.29, 0.717) is 16.1 Å². The highest BCUT2D eigenvalue weighted by atomic mass is 35.5. The summed E-state index contributed by atoms with van der Waals surface area (Å²) in [4.78, 5) is 29.8. The van der Waals surface area contributed by atoms with Gasteiger partial charge in [-0.3, -0.25) is 14.9 Å². The quantitative estimate of drug-likeness (QED) is 0.128. The van der Waals surface area contributed by atoms with Crippen molar-refractivity contribution in [2.45, 2.75) is 6.10 Å². The van der Waals surface area contributed by atoms with Gasteiger partial charge in [-0.2, -0.15) is 5.10 Å². The van der Waals surface area contributed by atoms with Crippen LogP contribution in [-0.2, 0) is 0 Å². The summed E-state index contributed by atoms with van der Waals surface area (Å²) in [6.45, 7) is 0. The molecule has 7 N–H and O–H groups in total. The van der Waals surface area contributed by atoms with Crippen molar-refractivity contribution in [3.63, 3.8) is 0 Å². The van der Waals surface area contributed by atoms with Crippen molar-refractivity contribution in [3.8, 4) is 0 Å². The van der Waals surface area contributed by atoms with Crippen LogP contribution in [0.5, 0.6) is 0 Å². The molecular formula is C17H15ClN8O4. The van der Waals surface area contributed by atoms with Crippen LogP contribution in [0.2, 0.25) is 5.02 Å². The van der Waals surface area contributed by atoms with E-state index in [4.69, 9.17) is 23.2 Å². The number of benzene rings is 2. The number of non-ortho nitro benzene ring substituents is 1.